The fourth-order valence-corrected chi connectivity index (χ4v) is 2.97. The van der Waals surface area contributed by atoms with Crippen LogP contribution < -0.4 is 5.32 Å². The molecule has 0 fully saturated rings. The number of nitrogens with one attached hydrogen (secondary N) is 1. The summed E-state index contributed by atoms with van der Waals surface area (Å²) in [6, 6.07) is 6.31. The smallest absolute Gasteiger partial charge is 0.416 e. The van der Waals surface area contributed by atoms with Crippen LogP contribution in [-0.2, 0) is 17.4 Å². The van der Waals surface area contributed by atoms with Crippen LogP contribution in [0.5, 0.6) is 0 Å². The highest BCUT2D eigenvalue weighted by atomic mass is 32.1. The van der Waals surface area contributed by atoms with Gasteiger partial charge >= 0.3 is 6.18 Å². The number of thiophene rings is 1. The van der Waals surface area contributed by atoms with E-state index in [1.165, 1.54) is 23.5 Å². The molecule has 0 saturated heterocycles. The first kappa shape index (κ1) is 17.2. The molecule has 9 heteroatoms. The highest BCUT2D eigenvalue weighted by Gasteiger charge is 2.30. The number of carbonyl (C=O) groups excluding carboxylic acids is 1. The van der Waals surface area contributed by atoms with Gasteiger partial charge in [-0.1, -0.05) is 6.07 Å². The van der Waals surface area contributed by atoms with E-state index in [2.05, 4.69) is 15.5 Å². The van der Waals surface area contributed by atoms with Crippen molar-refractivity contribution in [1.82, 2.24) is 10.2 Å². The predicted octanol–water partition coefficient (Wildman–Crippen LogP) is 4.31. The number of rotatable bonds is 4. The minimum absolute atomic E-state index is 0.0497. The van der Waals surface area contributed by atoms with E-state index in [0.29, 0.717) is 5.89 Å². The Morgan fingerprint density at radius 1 is 1.28 bits per heavy atom. The Balaban J connectivity index is 1.68. The molecule has 3 rings (SSSR count). The number of nitrogens with zero attached hydrogens (tertiary/aromatic N) is 2. The fraction of sp³-hybridized carbons (Fsp3) is 0.188. The number of hydrogen-bond donors (Lipinski definition) is 1. The number of alkyl halides is 3. The Morgan fingerprint density at radius 2 is 2.08 bits per heavy atom. The van der Waals surface area contributed by atoms with Crippen molar-refractivity contribution in [2.45, 2.75) is 19.5 Å². The molecule has 0 aliphatic heterocycles. The average Bonchev–Trinajstić information content (AvgIpc) is 3.15. The van der Waals surface area contributed by atoms with Gasteiger partial charge in [0.2, 0.25) is 11.8 Å². The zero-order valence-electron chi connectivity index (χ0n) is 12.9. The molecule has 3 aromatic rings. The summed E-state index contributed by atoms with van der Waals surface area (Å²) in [6.45, 7) is 1.90. The molecule has 0 aliphatic carbocycles. The molecule has 0 atom stereocenters. The van der Waals surface area contributed by atoms with Gasteiger partial charge in [-0.2, -0.15) is 13.2 Å². The predicted molar refractivity (Wildman–Crippen MR) is 86.1 cm³/mol. The third-order valence-corrected chi connectivity index (χ3v) is 4.31. The number of aryl methyl sites for hydroxylation is 1. The monoisotopic (exact) mass is 367 g/mol. The van der Waals surface area contributed by atoms with E-state index in [4.69, 9.17) is 4.42 Å². The Kier molecular flexibility index (Phi) is 4.58. The van der Waals surface area contributed by atoms with Gasteiger partial charge in [0, 0.05) is 5.69 Å². The standard InChI is InChI=1S/C16H12F3N3O2S/c1-9-5-6-25-14(9)15-22-21-13(24-15)8-12(23)20-11-4-2-3-10(7-11)16(17,18)19/h2-7H,8H2,1H3,(H,20,23). The van der Waals surface area contributed by atoms with Crippen molar-refractivity contribution in [3.05, 3.63) is 52.7 Å². The van der Waals surface area contributed by atoms with Crippen LogP contribution >= 0.6 is 11.3 Å². The first-order chi connectivity index (χ1) is 11.8. The molecule has 25 heavy (non-hydrogen) atoms. The summed E-state index contributed by atoms with van der Waals surface area (Å²) in [7, 11) is 0. The van der Waals surface area contributed by atoms with Crippen molar-refractivity contribution in [2.75, 3.05) is 5.32 Å². The number of anilines is 1. The largest absolute Gasteiger partial charge is 0.419 e. The number of aromatic nitrogens is 2. The van der Waals surface area contributed by atoms with E-state index in [1.54, 1.807) is 0 Å². The minimum Gasteiger partial charge on any atom is -0.419 e. The number of hydrogen-bond acceptors (Lipinski definition) is 5. The van der Waals surface area contributed by atoms with E-state index < -0.39 is 17.6 Å². The number of halogens is 3. The summed E-state index contributed by atoms with van der Waals surface area (Å²) in [5.41, 5.74) is 0.195. The average molecular weight is 367 g/mol. The first-order valence-electron chi connectivity index (χ1n) is 7.17. The van der Waals surface area contributed by atoms with Gasteiger partial charge < -0.3 is 9.73 Å². The van der Waals surface area contributed by atoms with E-state index in [1.807, 2.05) is 18.4 Å². The molecule has 0 bridgehead atoms. The minimum atomic E-state index is -4.47. The lowest BCUT2D eigenvalue weighted by molar-refractivity contribution is -0.137. The van der Waals surface area contributed by atoms with Crippen LogP contribution in [0, 0.1) is 6.92 Å². The van der Waals surface area contributed by atoms with Crippen LogP contribution in [0.2, 0.25) is 0 Å². The number of carbonyl (C=O) groups is 1. The number of amides is 1. The molecule has 2 aromatic heterocycles. The van der Waals surface area contributed by atoms with Crippen molar-refractivity contribution in [3.63, 3.8) is 0 Å². The van der Waals surface area contributed by atoms with Gasteiger partial charge in [0.25, 0.3) is 5.89 Å². The third kappa shape index (κ3) is 4.05. The summed E-state index contributed by atoms with van der Waals surface area (Å²) >= 11 is 1.44. The Bertz CT molecular complexity index is 902. The third-order valence-electron chi connectivity index (χ3n) is 3.31. The summed E-state index contributed by atoms with van der Waals surface area (Å²) in [5.74, 6) is -0.140. The molecular formula is C16H12F3N3O2S. The van der Waals surface area contributed by atoms with Gasteiger partial charge in [-0.05, 0) is 42.1 Å². The second-order valence-electron chi connectivity index (χ2n) is 5.24. The lowest BCUT2D eigenvalue weighted by Gasteiger charge is -2.09. The lowest BCUT2D eigenvalue weighted by Crippen LogP contribution is -2.15. The SMILES string of the molecule is Cc1ccsc1-c1nnc(CC(=O)Nc2cccc(C(F)(F)F)c2)o1. The summed E-state index contributed by atoms with van der Waals surface area (Å²) < 4.78 is 43.5. The molecule has 0 saturated carbocycles. The van der Waals surface area contributed by atoms with Crippen molar-refractivity contribution in [3.8, 4) is 10.8 Å². The number of benzene rings is 1. The molecule has 130 valence electrons. The maximum absolute atomic E-state index is 12.7. The molecule has 1 N–H and O–H groups in total. The van der Waals surface area contributed by atoms with Crippen LogP contribution in [0.3, 0.4) is 0 Å². The topological polar surface area (TPSA) is 68.0 Å². The van der Waals surface area contributed by atoms with Gasteiger partial charge in [0.1, 0.15) is 6.42 Å². The summed E-state index contributed by atoms with van der Waals surface area (Å²) in [4.78, 5) is 12.8. The Labute approximate surface area is 144 Å². The van der Waals surface area contributed by atoms with Crippen molar-refractivity contribution < 1.29 is 22.4 Å². The second-order valence-corrected chi connectivity index (χ2v) is 6.15. The highest BCUT2D eigenvalue weighted by molar-refractivity contribution is 7.13. The molecule has 0 spiro atoms. The van der Waals surface area contributed by atoms with E-state index >= 15 is 0 Å². The molecule has 0 aliphatic rings. The lowest BCUT2D eigenvalue weighted by atomic mass is 10.2. The highest BCUT2D eigenvalue weighted by Crippen LogP contribution is 2.31. The molecule has 1 aromatic carbocycles. The van der Waals surface area contributed by atoms with Crippen LogP contribution in [0.25, 0.3) is 10.8 Å². The van der Waals surface area contributed by atoms with Gasteiger partial charge in [-0.15, -0.1) is 21.5 Å². The molecule has 0 radical (unpaired) electrons. The van der Waals surface area contributed by atoms with E-state index in [0.717, 1.165) is 22.6 Å². The zero-order valence-corrected chi connectivity index (χ0v) is 13.7. The second kappa shape index (κ2) is 6.67. The molecule has 1 amide bonds. The first-order valence-corrected chi connectivity index (χ1v) is 8.05. The van der Waals surface area contributed by atoms with E-state index in [-0.39, 0.29) is 18.0 Å². The Hall–Kier alpha value is -2.68. The van der Waals surface area contributed by atoms with Crippen LogP contribution in [0.1, 0.15) is 17.0 Å². The molecular weight excluding hydrogens is 355 g/mol. The van der Waals surface area contributed by atoms with Crippen LogP contribution in [-0.4, -0.2) is 16.1 Å². The molecule has 5 nitrogen and oxygen atoms in total. The van der Waals surface area contributed by atoms with Gasteiger partial charge in [0.05, 0.1) is 10.4 Å². The zero-order chi connectivity index (χ0) is 18.0. The fourth-order valence-electron chi connectivity index (χ4n) is 2.12. The van der Waals surface area contributed by atoms with Gasteiger partial charge in [-0.3, -0.25) is 4.79 Å². The van der Waals surface area contributed by atoms with Crippen molar-refractivity contribution in [2.24, 2.45) is 0 Å². The quantitative estimate of drug-likeness (QED) is 0.746. The van der Waals surface area contributed by atoms with Crippen LogP contribution in [0.15, 0.2) is 40.1 Å². The molecule has 2 heterocycles. The summed E-state index contributed by atoms with van der Waals surface area (Å²) in [5, 5.41) is 12.0. The normalized spacial score (nSPS) is 11.5. The maximum Gasteiger partial charge on any atom is 0.416 e. The summed E-state index contributed by atoms with van der Waals surface area (Å²) in [6.07, 6.45) is -4.70. The van der Waals surface area contributed by atoms with Gasteiger partial charge in [0.15, 0.2) is 0 Å². The van der Waals surface area contributed by atoms with Crippen molar-refractivity contribution in [1.29, 1.82) is 0 Å². The van der Waals surface area contributed by atoms with E-state index in [9.17, 15) is 18.0 Å². The van der Waals surface area contributed by atoms with Gasteiger partial charge in [-0.25, -0.2) is 0 Å². The maximum atomic E-state index is 12.7. The Morgan fingerprint density at radius 3 is 2.76 bits per heavy atom. The van der Waals surface area contributed by atoms with Crippen molar-refractivity contribution >= 4 is 22.9 Å². The van der Waals surface area contributed by atoms with Crippen LogP contribution in [0.4, 0.5) is 18.9 Å². The molecule has 0 unspecified atom stereocenters.